The fraction of sp³-hybridized carbons (Fsp3) is 0.882. The quantitative estimate of drug-likeness (QED) is 0.143. The fourth-order valence-corrected chi connectivity index (χ4v) is 26.1. The highest BCUT2D eigenvalue weighted by molar-refractivity contribution is 6.40. The molecule has 0 aromatic carbocycles. The normalized spacial score (nSPS) is 46.0. The number of aliphatic hydroxyl groups excluding tert-OH is 2. The molecule has 0 spiro atoms. The number of hydrogen-bond donors (Lipinski definition) is 3. The van der Waals surface area contributed by atoms with Gasteiger partial charge >= 0.3 is 0 Å². The zero-order valence-electron chi connectivity index (χ0n) is 58.4. The smallest absolute Gasteiger partial charge is 0.159 e. The van der Waals surface area contributed by atoms with Crippen molar-refractivity contribution in [2.75, 3.05) is 26.7 Å². The molecule has 96 heavy (non-hydrogen) atoms. The monoisotopic (exact) mass is 1380 g/mol. The average molecular weight is 1380 g/mol. The molecule has 540 valence electrons. The molecule has 0 amide bonds. The van der Waals surface area contributed by atoms with Gasteiger partial charge in [0.15, 0.2) is 17.3 Å². The summed E-state index contributed by atoms with van der Waals surface area (Å²) in [6.45, 7) is 17.5. The van der Waals surface area contributed by atoms with Crippen LogP contribution in [0, 0.1) is 121 Å². The lowest BCUT2D eigenvalue weighted by Crippen LogP contribution is -2.60. The molecule has 12 saturated carbocycles. The topological polar surface area (TPSA) is 232 Å². The lowest BCUT2D eigenvalue weighted by molar-refractivity contribution is -0.198. The first-order valence-electron chi connectivity index (χ1n) is 36.7. The summed E-state index contributed by atoms with van der Waals surface area (Å²) in [4.78, 5) is 44.2. The van der Waals surface area contributed by atoms with Crippen LogP contribution in [0.25, 0.3) is 0 Å². The Balaban J connectivity index is 0.000000152. The van der Waals surface area contributed by atoms with E-state index in [1.54, 1.807) is 58.5 Å². The predicted molar refractivity (Wildman–Crippen MR) is 372 cm³/mol. The Morgan fingerprint density at radius 3 is 1.01 bits per heavy atom. The number of halogens is 2. The maximum absolute atomic E-state index is 13.2. The fourth-order valence-electron chi connectivity index (χ4n) is 26.1. The molecule has 0 bridgehead atoms. The lowest BCUT2D eigenvalue weighted by atomic mass is 9.43. The molecule has 20 heteroatoms. The molecule has 0 saturated heterocycles. The third-order valence-electron chi connectivity index (χ3n) is 30.7. The highest BCUT2D eigenvalue weighted by Gasteiger charge is 2.66. The number of nitrogens with zero attached hydrogens (tertiary/aromatic N) is 9. The first kappa shape index (κ1) is 75.4. The first-order valence-corrected chi connectivity index (χ1v) is 37.8. The average Bonchev–Trinajstić information content (AvgIpc) is 1.32. The molecule has 15 rings (SSSR count). The number of rotatable bonds is 12. The summed E-state index contributed by atoms with van der Waals surface area (Å²) in [5, 5.41) is 57.2. The van der Waals surface area contributed by atoms with Gasteiger partial charge in [-0.3, -0.25) is 14.4 Å². The third kappa shape index (κ3) is 13.4. The van der Waals surface area contributed by atoms with Gasteiger partial charge in [0.05, 0.1) is 78.6 Å². The van der Waals surface area contributed by atoms with Crippen LogP contribution < -0.4 is 0 Å². The van der Waals surface area contributed by atoms with E-state index in [2.05, 4.69) is 72.1 Å². The number of ketones is 3. The Hall–Kier alpha value is -3.23. The van der Waals surface area contributed by atoms with Gasteiger partial charge in [0, 0.05) is 39.1 Å². The minimum Gasteiger partial charge on any atom is -0.390 e. The van der Waals surface area contributed by atoms with E-state index in [4.69, 9.17) is 37.4 Å². The van der Waals surface area contributed by atoms with Crippen LogP contribution in [0.4, 0.5) is 0 Å². The number of methoxy groups -OCH3 is 3. The molecule has 12 aliphatic rings. The molecule has 0 aliphatic heterocycles. The third-order valence-corrected chi connectivity index (χ3v) is 30.7. The second-order valence-corrected chi connectivity index (χ2v) is 35.0. The highest BCUT2D eigenvalue weighted by atomic mass is 35.5. The van der Waals surface area contributed by atoms with Crippen LogP contribution in [0.3, 0.4) is 0 Å². The number of ether oxygens (including phenoxy) is 3. The van der Waals surface area contributed by atoms with Gasteiger partial charge in [-0.1, -0.05) is 56.4 Å². The number of Topliss-reactive ketones (excluding diaryl/α,β-unsaturated/α-hetero) is 3. The van der Waals surface area contributed by atoms with Crippen molar-refractivity contribution in [1.82, 2.24) is 45.0 Å². The van der Waals surface area contributed by atoms with E-state index in [1.165, 1.54) is 91.4 Å². The summed E-state index contributed by atoms with van der Waals surface area (Å²) in [5.41, 5.74) is 0.355. The second kappa shape index (κ2) is 29.6. The Morgan fingerprint density at radius 2 is 0.708 bits per heavy atom. The maximum atomic E-state index is 13.2. The van der Waals surface area contributed by atoms with E-state index in [1.807, 2.05) is 6.92 Å². The Morgan fingerprint density at radius 1 is 0.417 bits per heavy atom. The zero-order chi connectivity index (χ0) is 66.9. The number of carbonyl (C=O) groups excluding carboxylic acids is 3. The summed E-state index contributed by atoms with van der Waals surface area (Å²) >= 11 is 9.53. The SMILES string of the molecule is C.C.CO[C@H]1C[C@@]2(C)[C@@H](CC[C@@H]3[C@@H]2CC[C@]2(C)[C@@H](C(=O)Cn4nccn4)CC[C@@H]32)C[C@@H]1O.CO[C@H]1C[C@@]2(C)[C@@H](CC[C@@H]3[C@@H]2CC[C@]2(C)[C@@H](C(=O)Cn4nccn4)CC[C@@H]32)C[C@@H]1O.CO[C@H]1C[C@@]2(C)[C@@H](CC[C@@H]3[C@@H]2CC[C@]2(C)[C@@H](C(=O)Cn4nccn4)CC[C@@H]32)C[C@]1(C)O.ClCCl. The van der Waals surface area contributed by atoms with Crippen LogP contribution in [0.2, 0.25) is 0 Å². The van der Waals surface area contributed by atoms with Crippen LogP contribution in [0.15, 0.2) is 37.2 Å². The summed E-state index contributed by atoms with van der Waals surface area (Å²) in [6.07, 6.45) is 35.7. The number of carbonyl (C=O) groups is 3. The van der Waals surface area contributed by atoms with E-state index in [-0.39, 0.29) is 101 Å². The molecule has 3 heterocycles. The van der Waals surface area contributed by atoms with Gasteiger partial charge in [0.2, 0.25) is 0 Å². The largest absolute Gasteiger partial charge is 0.390 e. The molecule has 3 N–H and O–H groups in total. The molecule has 27 atom stereocenters. The van der Waals surface area contributed by atoms with Crippen molar-refractivity contribution in [2.24, 2.45) is 121 Å². The van der Waals surface area contributed by atoms with Gasteiger partial charge in [-0.25, -0.2) is 0 Å². The van der Waals surface area contributed by atoms with Crippen molar-refractivity contribution in [3.8, 4) is 0 Å². The number of hydrogen-bond acceptors (Lipinski definition) is 15. The van der Waals surface area contributed by atoms with Crippen molar-refractivity contribution in [2.45, 2.75) is 273 Å². The van der Waals surface area contributed by atoms with Crippen molar-refractivity contribution in [3.05, 3.63) is 37.2 Å². The summed E-state index contributed by atoms with van der Waals surface area (Å²) in [6, 6.07) is 0. The molecule has 0 radical (unpaired) electrons. The van der Waals surface area contributed by atoms with Gasteiger partial charge in [0.1, 0.15) is 19.6 Å². The standard InChI is InChI=1S/C25H39N3O3.2C24H37N3O3.CH2Cl2.2CH4/c1-23-10-9-19-17(6-5-16-13-25(3,30)22(31-4)14-24(16,19)2)18(23)7-8-20(23)21(29)15-28-26-11-12-27-28;2*1-23-9-8-18-16(5-4-15-12-20(28)22(30-3)13-24(15,18)2)17(23)6-7-19(23)21(29)14-27-25-10-11-26-27;2-1-3;;/h11-12,16-20,22,30H,5-10,13-15H2,1-4H3;2*10-11,15-20,22,28H,4-9,12-14H2,1-3H3;1H2;2*1H4/t16-,17-,18-,19-,20+,22-,23-,24-,25-;2*15-,16-,17-,18-,19+,20-,22-,23-,24-;;;/m000.../s1. The van der Waals surface area contributed by atoms with Crippen molar-refractivity contribution in [3.63, 3.8) is 0 Å². The molecule has 0 unspecified atom stereocenters. The van der Waals surface area contributed by atoms with Crippen LogP contribution >= 0.6 is 23.2 Å². The lowest BCUT2D eigenvalue weighted by Gasteiger charge is -2.63. The minimum absolute atomic E-state index is 0. The van der Waals surface area contributed by atoms with Crippen LogP contribution in [0.1, 0.15) is 217 Å². The van der Waals surface area contributed by atoms with Gasteiger partial charge in [-0.05, 0) is 265 Å². The summed E-state index contributed by atoms with van der Waals surface area (Å²) in [7, 11) is 5.25. The summed E-state index contributed by atoms with van der Waals surface area (Å²) in [5.74, 6) is 9.23. The van der Waals surface area contributed by atoms with E-state index >= 15 is 0 Å². The van der Waals surface area contributed by atoms with Crippen LogP contribution in [0.5, 0.6) is 0 Å². The van der Waals surface area contributed by atoms with Gasteiger partial charge < -0.3 is 29.5 Å². The molecular weight excluding hydrogens is 1250 g/mol. The minimum atomic E-state index is -0.722. The Kier molecular flexibility index (Phi) is 23.3. The Labute approximate surface area is 584 Å². The van der Waals surface area contributed by atoms with E-state index in [0.717, 1.165) is 77.0 Å². The van der Waals surface area contributed by atoms with Gasteiger partial charge in [-0.15, -0.1) is 23.2 Å². The first-order chi connectivity index (χ1) is 44.8. The van der Waals surface area contributed by atoms with Crippen LogP contribution in [-0.4, -0.2) is 140 Å². The number of aromatic nitrogens is 9. The van der Waals surface area contributed by atoms with E-state index < -0.39 is 5.60 Å². The number of alkyl halides is 2. The van der Waals surface area contributed by atoms with Crippen LogP contribution in [-0.2, 0) is 48.2 Å². The van der Waals surface area contributed by atoms with Crippen molar-refractivity contribution < 1.29 is 43.9 Å². The van der Waals surface area contributed by atoms with Crippen molar-refractivity contribution >= 4 is 40.6 Å². The highest BCUT2D eigenvalue weighted by Crippen LogP contribution is 2.71. The maximum Gasteiger partial charge on any atom is 0.159 e. The van der Waals surface area contributed by atoms with Crippen molar-refractivity contribution in [1.29, 1.82) is 0 Å². The number of fused-ring (bicyclic) bond motifs is 15. The van der Waals surface area contributed by atoms with Gasteiger partial charge in [0.25, 0.3) is 0 Å². The molecule has 18 nitrogen and oxygen atoms in total. The summed E-state index contributed by atoms with van der Waals surface area (Å²) < 4.78 is 17.2. The Bertz CT molecular complexity index is 2920. The zero-order valence-corrected chi connectivity index (χ0v) is 59.9. The molecule has 12 fully saturated rings. The molecule has 12 aliphatic carbocycles. The van der Waals surface area contributed by atoms with E-state index in [0.29, 0.717) is 108 Å². The molecule has 3 aromatic rings. The molecular formula is C76H123Cl2N9O9. The van der Waals surface area contributed by atoms with E-state index in [9.17, 15) is 29.7 Å². The van der Waals surface area contributed by atoms with Gasteiger partial charge in [-0.2, -0.15) is 45.0 Å². The second-order valence-electron chi connectivity index (χ2n) is 34.2. The number of aliphatic hydroxyl groups is 3. The molecule has 3 aromatic heterocycles. The predicted octanol–water partition coefficient (Wildman–Crippen LogP) is 13.6.